The fourth-order valence-electron chi connectivity index (χ4n) is 2.56. The van der Waals surface area contributed by atoms with Gasteiger partial charge in [-0.05, 0) is 38.5 Å². The first-order chi connectivity index (χ1) is 7.93. The Labute approximate surface area is 96.8 Å². The quantitative estimate of drug-likeness (QED) is 0.780. The molecule has 1 atom stereocenters. The zero-order valence-corrected chi connectivity index (χ0v) is 9.77. The highest BCUT2D eigenvalue weighted by Crippen LogP contribution is 2.39. The van der Waals surface area contributed by atoms with Gasteiger partial charge in [-0.15, -0.1) is 0 Å². The number of aromatic nitrogens is 2. The normalized spacial score (nSPS) is 25.9. The summed E-state index contributed by atoms with van der Waals surface area (Å²) in [5, 5.41) is 0. The molecule has 88 valence electrons. The van der Waals surface area contributed by atoms with Gasteiger partial charge in [0.25, 0.3) is 0 Å². The molecule has 3 nitrogen and oxygen atoms in total. The first-order valence-electron chi connectivity index (χ1n) is 6.55. The van der Waals surface area contributed by atoms with Crippen LogP contribution in [0, 0.1) is 0 Å². The molecule has 1 aromatic rings. The maximum atomic E-state index is 5.76. The van der Waals surface area contributed by atoms with Crippen LogP contribution in [0.4, 0.5) is 0 Å². The Morgan fingerprint density at radius 2 is 2.25 bits per heavy atom. The molecule has 1 saturated carbocycles. The average Bonchev–Trinajstić information content (AvgIpc) is 3.07. The summed E-state index contributed by atoms with van der Waals surface area (Å²) in [6.07, 6.45) is 12.2. The van der Waals surface area contributed by atoms with E-state index in [2.05, 4.69) is 9.55 Å². The van der Waals surface area contributed by atoms with Crippen molar-refractivity contribution in [3.05, 3.63) is 18.2 Å². The Morgan fingerprint density at radius 3 is 3.00 bits per heavy atom. The molecule has 0 N–H and O–H groups in total. The van der Waals surface area contributed by atoms with E-state index in [9.17, 15) is 0 Å². The number of rotatable bonds is 4. The predicted octanol–water partition coefficient (Wildman–Crippen LogP) is 2.72. The molecule has 2 aliphatic rings. The second-order valence-corrected chi connectivity index (χ2v) is 5.06. The smallest absolute Gasteiger partial charge is 0.0948 e. The summed E-state index contributed by atoms with van der Waals surface area (Å²) in [5.41, 5.74) is 1.44. The molecule has 1 saturated heterocycles. The summed E-state index contributed by atoms with van der Waals surface area (Å²) in [4.78, 5) is 4.27. The van der Waals surface area contributed by atoms with Crippen LogP contribution in [0.15, 0.2) is 12.5 Å². The Bertz CT molecular complexity index is 337. The molecule has 0 bridgehead atoms. The number of imidazole rings is 1. The molecule has 3 rings (SSSR count). The molecule has 0 amide bonds. The van der Waals surface area contributed by atoms with Gasteiger partial charge in [0.1, 0.15) is 0 Å². The van der Waals surface area contributed by atoms with E-state index >= 15 is 0 Å². The third-order valence-corrected chi connectivity index (χ3v) is 3.71. The van der Waals surface area contributed by atoms with Crippen LogP contribution in [0.2, 0.25) is 0 Å². The highest BCUT2D eigenvalue weighted by Gasteiger charge is 2.26. The molecule has 1 aromatic heterocycles. The minimum Gasteiger partial charge on any atom is -0.378 e. The van der Waals surface area contributed by atoms with Crippen molar-refractivity contribution < 1.29 is 4.74 Å². The third-order valence-electron chi connectivity index (χ3n) is 3.71. The van der Waals surface area contributed by atoms with Crippen molar-refractivity contribution in [2.24, 2.45) is 0 Å². The van der Waals surface area contributed by atoms with Gasteiger partial charge in [-0.2, -0.15) is 0 Å². The topological polar surface area (TPSA) is 27.1 Å². The van der Waals surface area contributed by atoms with Gasteiger partial charge in [0.15, 0.2) is 0 Å². The Balaban J connectivity index is 1.54. The van der Waals surface area contributed by atoms with Gasteiger partial charge in [0, 0.05) is 31.0 Å². The van der Waals surface area contributed by atoms with E-state index in [1.165, 1.54) is 37.8 Å². The van der Waals surface area contributed by atoms with Crippen LogP contribution >= 0.6 is 0 Å². The number of hydrogen-bond acceptors (Lipinski definition) is 2. The highest BCUT2D eigenvalue weighted by atomic mass is 16.5. The summed E-state index contributed by atoms with van der Waals surface area (Å²) in [5.74, 6) is 0.801. The molecule has 1 unspecified atom stereocenters. The number of ether oxygens (including phenoxy) is 1. The second-order valence-electron chi connectivity index (χ2n) is 5.06. The molecule has 0 radical (unpaired) electrons. The van der Waals surface area contributed by atoms with E-state index in [1.807, 2.05) is 12.5 Å². The predicted molar refractivity (Wildman–Crippen MR) is 62.4 cm³/mol. The van der Waals surface area contributed by atoms with E-state index in [0.717, 1.165) is 25.5 Å². The maximum Gasteiger partial charge on any atom is 0.0948 e. The molecule has 1 aliphatic heterocycles. The minimum atomic E-state index is 0.489. The Morgan fingerprint density at radius 1 is 1.31 bits per heavy atom. The number of nitrogens with zero attached hydrogens (tertiary/aromatic N) is 2. The Kier molecular flexibility index (Phi) is 2.96. The lowest BCUT2D eigenvalue weighted by atomic mass is 10.1. The average molecular weight is 220 g/mol. The number of aryl methyl sites for hydroxylation is 1. The van der Waals surface area contributed by atoms with Gasteiger partial charge in [-0.3, -0.25) is 0 Å². The van der Waals surface area contributed by atoms with E-state index in [0.29, 0.717) is 6.10 Å². The van der Waals surface area contributed by atoms with Crippen molar-refractivity contribution in [3.63, 3.8) is 0 Å². The van der Waals surface area contributed by atoms with Gasteiger partial charge in [0.05, 0.1) is 12.4 Å². The van der Waals surface area contributed by atoms with Crippen LogP contribution in [-0.2, 0) is 11.3 Å². The monoisotopic (exact) mass is 220 g/mol. The van der Waals surface area contributed by atoms with Crippen molar-refractivity contribution in [3.8, 4) is 0 Å². The molecule has 0 aromatic carbocycles. The van der Waals surface area contributed by atoms with Gasteiger partial charge >= 0.3 is 0 Å². The molecule has 1 aliphatic carbocycles. The first kappa shape index (κ1) is 10.3. The lowest BCUT2D eigenvalue weighted by Gasteiger charge is -2.22. The highest BCUT2D eigenvalue weighted by molar-refractivity contribution is 5.12. The fraction of sp³-hybridized carbons (Fsp3) is 0.769. The van der Waals surface area contributed by atoms with Crippen molar-refractivity contribution in [2.75, 3.05) is 6.61 Å². The molecular formula is C13H20N2O. The zero-order chi connectivity index (χ0) is 10.8. The SMILES string of the molecule is c1ncn(CCC2CCCCO2)c1C1CC1. The largest absolute Gasteiger partial charge is 0.378 e. The summed E-state index contributed by atoms with van der Waals surface area (Å²) < 4.78 is 8.09. The van der Waals surface area contributed by atoms with Gasteiger partial charge in [-0.1, -0.05) is 0 Å². The lowest BCUT2D eigenvalue weighted by Crippen LogP contribution is -2.21. The summed E-state index contributed by atoms with van der Waals surface area (Å²) in [7, 11) is 0. The van der Waals surface area contributed by atoms with Crippen molar-refractivity contribution in [1.82, 2.24) is 9.55 Å². The number of hydrogen-bond donors (Lipinski definition) is 0. The van der Waals surface area contributed by atoms with E-state index in [-0.39, 0.29) is 0 Å². The van der Waals surface area contributed by atoms with Crippen LogP contribution in [-0.4, -0.2) is 22.3 Å². The van der Waals surface area contributed by atoms with Gasteiger partial charge in [0.2, 0.25) is 0 Å². The summed E-state index contributed by atoms with van der Waals surface area (Å²) in [6, 6.07) is 0. The van der Waals surface area contributed by atoms with Crippen LogP contribution in [0.5, 0.6) is 0 Å². The first-order valence-corrected chi connectivity index (χ1v) is 6.55. The molecule has 2 fully saturated rings. The third kappa shape index (κ3) is 2.29. The van der Waals surface area contributed by atoms with E-state index in [4.69, 9.17) is 4.74 Å². The van der Waals surface area contributed by atoms with Gasteiger partial charge in [-0.25, -0.2) is 4.98 Å². The lowest BCUT2D eigenvalue weighted by molar-refractivity contribution is 0.00870. The van der Waals surface area contributed by atoms with Crippen LogP contribution in [0.1, 0.15) is 50.1 Å². The zero-order valence-electron chi connectivity index (χ0n) is 9.77. The van der Waals surface area contributed by atoms with E-state index < -0.39 is 0 Å². The standard InChI is InChI=1S/C13H20N2O/c1-2-8-16-12(3-1)6-7-15-10-14-9-13(15)11-4-5-11/h9-12H,1-8H2. The fourth-order valence-corrected chi connectivity index (χ4v) is 2.56. The minimum absolute atomic E-state index is 0.489. The van der Waals surface area contributed by atoms with Crippen molar-refractivity contribution in [1.29, 1.82) is 0 Å². The molecule has 16 heavy (non-hydrogen) atoms. The second kappa shape index (κ2) is 4.58. The molecule has 3 heteroatoms. The van der Waals surface area contributed by atoms with Gasteiger partial charge < -0.3 is 9.30 Å². The maximum absolute atomic E-state index is 5.76. The molecule has 2 heterocycles. The van der Waals surface area contributed by atoms with Crippen LogP contribution in [0.25, 0.3) is 0 Å². The summed E-state index contributed by atoms with van der Waals surface area (Å²) in [6.45, 7) is 2.04. The summed E-state index contributed by atoms with van der Waals surface area (Å²) >= 11 is 0. The van der Waals surface area contributed by atoms with Crippen molar-refractivity contribution in [2.45, 2.75) is 57.1 Å². The molecule has 0 spiro atoms. The van der Waals surface area contributed by atoms with Crippen molar-refractivity contribution >= 4 is 0 Å². The van der Waals surface area contributed by atoms with Crippen LogP contribution in [0.3, 0.4) is 0 Å². The Hall–Kier alpha value is -0.830. The van der Waals surface area contributed by atoms with Crippen LogP contribution < -0.4 is 0 Å². The molecular weight excluding hydrogens is 200 g/mol. The van der Waals surface area contributed by atoms with E-state index in [1.54, 1.807) is 0 Å².